The van der Waals surface area contributed by atoms with E-state index in [1.807, 2.05) is 0 Å². The molecule has 2 aliphatic rings. The molecular weight excluding hydrogens is 202 g/mol. The van der Waals surface area contributed by atoms with Crippen LogP contribution in [0.25, 0.3) is 0 Å². The van der Waals surface area contributed by atoms with Crippen LogP contribution < -0.4 is 17.7 Å². The predicted octanol–water partition coefficient (Wildman–Crippen LogP) is -2.64. The molecule has 82 valence electrons. The summed E-state index contributed by atoms with van der Waals surface area (Å²) >= 11 is 0. The van der Waals surface area contributed by atoms with Gasteiger partial charge in [-0.05, 0) is 6.42 Å². The molecule has 0 unspecified atom stereocenters. The van der Waals surface area contributed by atoms with Gasteiger partial charge in [-0.25, -0.2) is 4.79 Å². The summed E-state index contributed by atoms with van der Waals surface area (Å²) in [5, 5.41) is 11.4. The number of fused-ring (bicyclic) bond motifs is 2. The van der Waals surface area contributed by atoms with Gasteiger partial charge in [-0.15, -0.1) is 0 Å². The van der Waals surface area contributed by atoms with Gasteiger partial charge in [0.05, 0.1) is 6.04 Å². The topological polar surface area (TPSA) is 53.9 Å². The molecule has 0 saturated carbocycles. The number of aliphatic carboxylic acids is 1. The lowest BCUT2D eigenvalue weighted by Crippen LogP contribution is -3.00. The minimum absolute atomic E-state index is 0. The van der Waals surface area contributed by atoms with Crippen molar-refractivity contribution in [2.45, 2.75) is 50.6 Å². The fraction of sp³-hybridized carbons (Fsp3) is 0.900. The van der Waals surface area contributed by atoms with Crippen molar-refractivity contribution in [3.8, 4) is 0 Å². The molecule has 3 N–H and O–H groups in total. The molecule has 2 heterocycles. The SMILES string of the molecule is CCC[C@@H]1C[C@H]2CC[C@]1(C(=O)O)[NH2+]2.[Cl-]. The van der Waals surface area contributed by atoms with E-state index >= 15 is 0 Å². The van der Waals surface area contributed by atoms with Crippen molar-refractivity contribution in [2.24, 2.45) is 5.92 Å². The van der Waals surface area contributed by atoms with Crippen LogP contribution in [0.3, 0.4) is 0 Å². The van der Waals surface area contributed by atoms with Crippen molar-refractivity contribution in [2.75, 3.05) is 0 Å². The highest BCUT2D eigenvalue weighted by Gasteiger charge is 2.60. The van der Waals surface area contributed by atoms with Crippen LogP contribution in [0, 0.1) is 5.92 Å². The van der Waals surface area contributed by atoms with E-state index in [-0.39, 0.29) is 12.4 Å². The van der Waals surface area contributed by atoms with Crippen LogP contribution in [0.4, 0.5) is 0 Å². The summed E-state index contributed by atoms with van der Waals surface area (Å²) in [4.78, 5) is 11.2. The maximum atomic E-state index is 11.2. The minimum atomic E-state index is -0.578. The van der Waals surface area contributed by atoms with Crippen LogP contribution in [0.1, 0.15) is 39.0 Å². The number of nitrogens with two attached hydrogens (primary N) is 1. The van der Waals surface area contributed by atoms with E-state index in [4.69, 9.17) is 0 Å². The monoisotopic (exact) mass is 219 g/mol. The fourth-order valence-corrected chi connectivity index (χ4v) is 3.19. The third-order valence-electron chi connectivity index (χ3n) is 3.81. The largest absolute Gasteiger partial charge is 1.00 e. The van der Waals surface area contributed by atoms with Crippen molar-refractivity contribution in [1.82, 2.24) is 0 Å². The zero-order chi connectivity index (χ0) is 9.47. The molecule has 2 fully saturated rings. The third kappa shape index (κ3) is 1.52. The Kier molecular flexibility index (Phi) is 3.43. The summed E-state index contributed by atoms with van der Waals surface area (Å²) in [6.45, 7) is 2.14. The highest BCUT2D eigenvalue weighted by atomic mass is 35.5. The summed E-state index contributed by atoms with van der Waals surface area (Å²) in [5.74, 6) is -0.153. The van der Waals surface area contributed by atoms with Crippen molar-refractivity contribution in [3.05, 3.63) is 0 Å². The molecule has 14 heavy (non-hydrogen) atoms. The number of carbonyl (C=O) groups is 1. The van der Waals surface area contributed by atoms with E-state index in [9.17, 15) is 9.90 Å². The van der Waals surface area contributed by atoms with Gasteiger partial charge in [0, 0.05) is 25.2 Å². The maximum Gasteiger partial charge on any atom is 0.365 e. The molecule has 2 aliphatic heterocycles. The van der Waals surface area contributed by atoms with Crippen molar-refractivity contribution < 1.29 is 27.6 Å². The minimum Gasteiger partial charge on any atom is -1.00 e. The summed E-state index contributed by atoms with van der Waals surface area (Å²) < 4.78 is 0. The Bertz CT molecular complexity index is 234. The molecule has 0 aromatic carbocycles. The second kappa shape index (κ2) is 4.07. The number of carboxylic acid groups (broad SMARTS) is 1. The fourth-order valence-electron chi connectivity index (χ4n) is 3.19. The average Bonchev–Trinajstić information content (AvgIpc) is 2.62. The van der Waals surface area contributed by atoms with E-state index in [1.54, 1.807) is 0 Å². The van der Waals surface area contributed by atoms with Gasteiger partial charge in [-0.1, -0.05) is 13.3 Å². The molecule has 3 atom stereocenters. The zero-order valence-corrected chi connectivity index (χ0v) is 9.26. The van der Waals surface area contributed by atoms with E-state index in [1.165, 1.54) is 0 Å². The smallest absolute Gasteiger partial charge is 0.365 e. The van der Waals surface area contributed by atoms with Crippen LogP contribution in [0.2, 0.25) is 0 Å². The quantitative estimate of drug-likeness (QED) is 0.546. The first-order chi connectivity index (χ1) is 6.19. The number of hydrogen-bond donors (Lipinski definition) is 2. The van der Waals surface area contributed by atoms with E-state index < -0.39 is 11.5 Å². The van der Waals surface area contributed by atoms with Crippen LogP contribution in [-0.4, -0.2) is 22.7 Å². The van der Waals surface area contributed by atoms with Crippen molar-refractivity contribution >= 4 is 5.97 Å². The molecule has 0 spiro atoms. The molecule has 2 bridgehead atoms. The highest BCUT2D eigenvalue weighted by Crippen LogP contribution is 2.38. The molecule has 4 heteroatoms. The Morgan fingerprint density at radius 2 is 2.36 bits per heavy atom. The van der Waals surface area contributed by atoms with Gasteiger partial charge in [0.1, 0.15) is 0 Å². The molecular formula is C10H18ClNO2. The number of hydrogen-bond acceptors (Lipinski definition) is 1. The third-order valence-corrected chi connectivity index (χ3v) is 3.81. The van der Waals surface area contributed by atoms with Crippen molar-refractivity contribution in [3.63, 3.8) is 0 Å². The summed E-state index contributed by atoms with van der Waals surface area (Å²) in [7, 11) is 0. The summed E-state index contributed by atoms with van der Waals surface area (Å²) in [6.07, 6.45) is 5.31. The predicted molar refractivity (Wildman–Crippen MR) is 48.3 cm³/mol. The molecule has 2 saturated heterocycles. The van der Waals surface area contributed by atoms with Gasteiger partial charge in [0.25, 0.3) is 0 Å². The average molecular weight is 220 g/mol. The van der Waals surface area contributed by atoms with E-state index in [0.29, 0.717) is 12.0 Å². The number of rotatable bonds is 3. The van der Waals surface area contributed by atoms with Gasteiger partial charge in [0.2, 0.25) is 0 Å². The van der Waals surface area contributed by atoms with E-state index in [0.717, 1.165) is 32.1 Å². The Balaban J connectivity index is 0.000000980. The Labute approximate surface area is 90.7 Å². The lowest BCUT2D eigenvalue weighted by Gasteiger charge is -2.25. The van der Waals surface area contributed by atoms with Gasteiger partial charge in [-0.3, -0.25) is 0 Å². The van der Waals surface area contributed by atoms with Crippen LogP contribution in [0.15, 0.2) is 0 Å². The number of carboxylic acids is 1. The molecule has 0 aliphatic carbocycles. The molecule has 0 aromatic rings. The van der Waals surface area contributed by atoms with Gasteiger partial charge < -0.3 is 22.8 Å². The van der Waals surface area contributed by atoms with Crippen molar-refractivity contribution in [1.29, 1.82) is 0 Å². The van der Waals surface area contributed by atoms with Gasteiger partial charge in [0.15, 0.2) is 5.54 Å². The highest BCUT2D eigenvalue weighted by molar-refractivity contribution is 5.78. The molecule has 0 radical (unpaired) electrons. The number of halogens is 1. The molecule has 2 rings (SSSR count). The Morgan fingerprint density at radius 1 is 1.64 bits per heavy atom. The maximum absolute atomic E-state index is 11.2. The molecule has 0 amide bonds. The standard InChI is InChI=1S/C10H17NO2.ClH/c1-2-3-7-6-8-4-5-10(7,11-8)9(12)13;/h7-8,11H,2-6H2,1H3,(H,12,13);1H/t7-,8-,10+;/m1./s1. The first-order valence-electron chi connectivity index (χ1n) is 5.28. The lowest BCUT2D eigenvalue weighted by molar-refractivity contribution is -0.707. The van der Waals surface area contributed by atoms with Crippen LogP contribution >= 0.6 is 0 Å². The Hall–Kier alpha value is -0.280. The normalized spacial score (nSPS) is 39.5. The zero-order valence-electron chi connectivity index (χ0n) is 8.50. The molecule has 0 aromatic heterocycles. The van der Waals surface area contributed by atoms with Gasteiger partial charge in [-0.2, -0.15) is 0 Å². The Morgan fingerprint density at radius 3 is 2.86 bits per heavy atom. The first-order valence-corrected chi connectivity index (χ1v) is 5.28. The van der Waals surface area contributed by atoms with Crippen LogP contribution in [-0.2, 0) is 4.79 Å². The lowest BCUT2D eigenvalue weighted by atomic mass is 9.76. The molecule has 3 nitrogen and oxygen atoms in total. The summed E-state index contributed by atoms with van der Waals surface area (Å²) in [5.41, 5.74) is -0.430. The van der Waals surface area contributed by atoms with Crippen LogP contribution in [0.5, 0.6) is 0 Å². The second-order valence-corrected chi connectivity index (χ2v) is 4.53. The number of quaternary nitrogens is 1. The van der Waals surface area contributed by atoms with E-state index in [2.05, 4.69) is 12.2 Å². The second-order valence-electron chi connectivity index (χ2n) is 4.53. The van der Waals surface area contributed by atoms with Gasteiger partial charge >= 0.3 is 5.97 Å². The summed E-state index contributed by atoms with van der Waals surface area (Å²) in [6, 6.07) is 0.604. The first kappa shape index (κ1) is 11.8.